The third-order valence-electron chi connectivity index (χ3n) is 2.59. The summed E-state index contributed by atoms with van der Waals surface area (Å²) in [7, 11) is 1.90. The first-order valence-corrected chi connectivity index (χ1v) is 6.59. The van der Waals surface area contributed by atoms with E-state index < -0.39 is 0 Å². The summed E-state index contributed by atoms with van der Waals surface area (Å²) >= 11 is 3.41. The first-order valence-electron chi connectivity index (χ1n) is 5.80. The van der Waals surface area contributed by atoms with E-state index in [1.807, 2.05) is 44.3 Å². The summed E-state index contributed by atoms with van der Waals surface area (Å²) in [5, 5.41) is 3.08. The largest absolute Gasteiger partial charge is 0.486 e. The Morgan fingerprint density at radius 1 is 1.33 bits per heavy atom. The molecule has 0 radical (unpaired) electrons. The zero-order chi connectivity index (χ0) is 13.0. The molecule has 0 aliphatic carbocycles. The lowest BCUT2D eigenvalue weighted by Crippen LogP contribution is -2.04. The van der Waals surface area contributed by atoms with Crippen molar-refractivity contribution in [2.75, 3.05) is 7.05 Å². The van der Waals surface area contributed by atoms with E-state index >= 15 is 0 Å². The van der Waals surface area contributed by atoms with E-state index in [9.17, 15) is 0 Å². The number of aryl methyl sites for hydroxylation is 1. The van der Waals surface area contributed by atoms with Gasteiger partial charge in [0, 0.05) is 4.47 Å². The zero-order valence-electron chi connectivity index (χ0n) is 10.5. The zero-order valence-corrected chi connectivity index (χ0v) is 12.1. The summed E-state index contributed by atoms with van der Waals surface area (Å²) < 4.78 is 12.4. The molecule has 0 fully saturated rings. The average molecular weight is 310 g/mol. The molecule has 0 saturated heterocycles. The Morgan fingerprint density at radius 2 is 2.17 bits per heavy atom. The van der Waals surface area contributed by atoms with Crippen molar-refractivity contribution in [3.05, 3.63) is 51.9 Å². The van der Waals surface area contributed by atoms with Crippen LogP contribution in [0.4, 0.5) is 0 Å². The number of hydrogen-bond donors (Lipinski definition) is 1. The van der Waals surface area contributed by atoms with Gasteiger partial charge in [-0.05, 0) is 43.8 Å². The molecule has 0 atom stereocenters. The van der Waals surface area contributed by atoms with Gasteiger partial charge in [-0.2, -0.15) is 0 Å². The first-order chi connectivity index (χ1) is 8.69. The third kappa shape index (κ3) is 3.37. The third-order valence-corrected chi connectivity index (χ3v) is 3.08. The highest BCUT2D eigenvalue weighted by atomic mass is 79.9. The van der Waals surface area contributed by atoms with Gasteiger partial charge in [0.05, 0.1) is 6.54 Å². The lowest BCUT2D eigenvalue weighted by molar-refractivity contribution is 0.265. The second-order valence-corrected chi connectivity index (χ2v) is 5.01. The Hall–Kier alpha value is -1.26. The van der Waals surface area contributed by atoms with Gasteiger partial charge < -0.3 is 14.5 Å². The van der Waals surface area contributed by atoms with Gasteiger partial charge in [-0.1, -0.05) is 22.0 Å². The van der Waals surface area contributed by atoms with Crippen LogP contribution < -0.4 is 10.1 Å². The predicted octanol–water partition coefficient (Wildman–Crippen LogP) is 3.65. The van der Waals surface area contributed by atoms with E-state index in [1.54, 1.807) is 0 Å². The van der Waals surface area contributed by atoms with E-state index in [0.717, 1.165) is 33.9 Å². The van der Waals surface area contributed by atoms with Gasteiger partial charge in [0.1, 0.15) is 23.9 Å². The number of furan rings is 1. The molecule has 0 spiro atoms. The fourth-order valence-electron chi connectivity index (χ4n) is 1.71. The van der Waals surface area contributed by atoms with Crippen LogP contribution in [0, 0.1) is 6.92 Å². The molecule has 4 heteroatoms. The van der Waals surface area contributed by atoms with Gasteiger partial charge in [-0.3, -0.25) is 0 Å². The Morgan fingerprint density at radius 3 is 2.89 bits per heavy atom. The minimum absolute atomic E-state index is 0.445. The second kappa shape index (κ2) is 6.07. The standard InChI is InChI=1S/C14H16BrNO2/c1-10-6-13(18-14(10)8-16-2)9-17-12-5-3-4-11(15)7-12/h3-7,16H,8-9H2,1-2H3. The van der Waals surface area contributed by atoms with Crippen LogP contribution in [0.5, 0.6) is 5.75 Å². The molecule has 0 aliphatic rings. The van der Waals surface area contributed by atoms with Crippen LogP contribution in [0.1, 0.15) is 17.1 Å². The van der Waals surface area contributed by atoms with Crippen molar-refractivity contribution in [1.29, 1.82) is 0 Å². The minimum Gasteiger partial charge on any atom is -0.486 e. The van der Waals surface area contributed by atoms with E-state index in [1.165, 1.54) is 0 Å². The van der Waals surface area contributed by atoms with Crippen LogP contribution in [0.2, 0.25) is 0 Å². The molecule has 18 heavy (non-hydrogen) atoms. The van der Waals surface area contributed by atoms with Crippen molar-refractivity contribution >= 4 is 15.9 Å². The smallest absolute Gasteiger partial charge is 0.146 e. The van der Waals surface area contributed by atoms with Crippen molar-refractivity contribution in [3.8, 4) is 5.75 Å². The molecule has 1 heterocycles. The summed E-state index contributed by atoms with van der Waals surface area (Å²) in [6.07, 6.45) is 0. The van der Waals surface area contributed by atoms with Gasteiger partial charge in [-0.25, -0.2) is 0 Å². The van der Waals surface area contributed by atoms with Crippen molar-refractivity contribution in [3.63, 3.8) is 0 Å². The summed E-state index contributed by atoms with van der Waals surface area (Å²) in [5.74, 6) is 2.64. The maximum absolute atomic E-state index is 5.71. The molecule has 1 aromatic heterocycles. The van der Waals surface area contributed by atoms with E-state index in [4.69, 9.17) is 9.15 Å². The summed E-state index contributed by atoms with van der Waals surface area (Å²) in [6, 6.07) is 9.79. The Kier molecular flexibility index (Phi) is 4.44. The molecule has 0 amide bonds. The SMILES string of the molecule is CNCc1oc(COc2cccc(Br)c2)cc1C. The molecule has 96 valence electrons. The van der Waals surface area contributed by atoms with Crippen LogP contribution in [0.25, 0.3) is 0 Å². The number of halogens is 1. The molecule has 2 rings (SSSR count). The highest BCUT2D eigenvalue weighted by Gasteiger charge is 2.07. The van der Waals surface area contributed by atoms with Gasteiger partial charge in [0.25, 0.3) is 0 Å². The molecule has 0 aliphatic heterocycles. The maximum Gasteiger partial charge on any atom is 0.146 e. The van der Waals surface area contributed by atoms with Gasteiger partial charge in [0.2, 0.25) is 0 Å². The van der Waals surface area contributed by atoms with Gasteiger partial charge in [-0.15, -0.1) is 0 Å². The summed E-state index contributed by atoms with van der Waals surface area (Å²) in [6.45, 7) is 3.22. The Labute approximate surface area is 115 Å². The second-order valence-electron chi connectivity index (χ2n) is 4.10. The van der Waals surface area contributed by atoms with Crippen molar-refractivity contribution in [1.82, 2.24) is 5.32 Å². The number of benzene rings is 1. The van der Waals surface area contributed by atoms with Crippen LogP contribution in [-0.2, 0) is 13.2 Å². The Bertz CT molecular complexity index is 522. The molecule has 0 unspecified atom stereocenters. The van der Waals surface area contributed by atoms with E-state index in [-0.39, 0.29) is 0 Å². The van der Waals surface area contributed by atoms with Crippen molar-refractivity contribution in [2.24, 2.45) is 0 Å². The molecular weight excluding hydrogens is 294 g/mol. The number of ether oxygens (including phenoxy) is 1. The fourth-order valence-corrected chi connectivity index (χ4v) is 2.09. The predicted molar refractivity (Wildman–Crippen MR) is 74.7 cm³/mol. The van der Waals surface area contributed by atoms with E-state index in [0.29, 0.717) is 6.61 Å². The first kappa shape index (κ1) is 13.2. The molecule has 2 aromatic rings. The van der Waals surface area contributed by atoms with E-state index in [2.05, 4.69) is 21.2 Å². The molecule has 1 aromatic carbocycles. The molecule has 1 N–H and O–H groups in total. The highest BCUT2D eigenvalue weighted by Crippen LogP contribution is 2.20. The Balaban J connectivity index is 2.00. The topological polar surface area (TPSA) is 34.4 Å². The summed E-state index contributed by atoms with van der Waals surface area (Å²) in [4.78, 5) is 0. The lowest BCUT2D eigenvalue weighted by atomic mass is 10.2. The van der Waals surface area contributed by atoms with Crippen LogP contribution in [-0.4, -0.2) is 7.05 Å². The van der Waals surface area contributed by atoms with Crippen molar-refractivity contribution in [2.45, 2.75) is 20.1 Å². The highest BCUT2D eigenvalue weighted by molar-refractivity contribution is 9.10. The molecular formula is C14H16BrNO2. The monoisotopic (exact) mass is 309 g/mol. The quantitative estimate of drug-likeness (QED) is 0.915. The fraction of sp³-hybridized carbons (Fsp3) is 0.286. The van der Waals surface area contributed by atoms with Crippen LogP contribution >= 0.6 is 15.9 Å². The number of rotatable bonds is 5. The molecule has 0 bridgehead atoms. The van der Waals surface area contributed by atoms with Crippen molar-refractivity contribution < 1.29 is 9.15 Å². The van der Waals surface area contributed by atoms with Gasteiger partial charge >= 0.3 is 0 Å². The summed E-state index contributed by atoms with van der Waals surface area (Å²) in [5.41, 5.74) is 1.15. The average Bonchev–Trinajstić information content (AvgIpc) is 2.69. The van der Waals surface area contributed by atoms with Crippen LogP contribution in [0.3, 0.4) is 0 Å². The van der Waals surface area contributed by atoms with Crippen LogP contribution in [0.15, 0.2) is 39.2 Å². The van der Waals surface area contributed by atoms with Gasteiger partial charge in [0.15, 0.2) is 0 Å². The molecule has 3 nitrogen and oxygen atoms in total. The minimum atomic E-state index is 0.445. The number of hydrogen-bond acceptors (Lipinski definition) is 3. The normalized spacial score (nSPS) is 10.6. The number of nitrogens with one attached hydrogen (secondary N) is 1. The maximum atomic E-state index is 5.71. The lowest BCUT2D eigenvalue weighted by Gasteiger charge is -2.04. The molecule has 0 saturated carbocycles.